The molecule has 2 rings (SSSR count). The molecule has 33 heavy (non-hydrogen) atoms. The third-order valence-corrected chi connectivity index (χ3v) is 4.86. The van der Waals surface area contributed by atoms with Crippen LogP contribution in [0.2, 0.25) is 0 Å². The number of ether oxygens (including phenoxy) is 2. The van der Waals surface area contributed by atoms with Crippen molar-refractivity contribution < 1.29 is 42.3 Å². The number of benzene rings is 1. The van der Waals surface area contributed by atoms with Crippen molar-refractivity contribution in [3.63, 3.8) is 0 Å². The summed E-state index contributed by atoms with van der Waals surface area (Å²) in [5.41, 5.74) is -1.74. The quantitative estimate of drug-likeness (QED) is 0.279. The number of rotatable bonds is 7. The molecule has 0 fully saturated rings. The van der Waals surface area contributed by atoms with E-state index in [4.69, 9.17) is 9.47 Å². The summed E-state index contributed by atoms with van der Waals surface area (Å²) in [5.74, 6) is -5.01. The number of hydrogen-bond donors (Lipinski definition) is 1. The number of allylic oxidation sites excluding steroid dienone is 1. The highest BCUT2D eigenvalue weighted by Gasteiger charge is 2.46. The number of alkyl halides is 3. The van der Waals surface area contributed by atoms with Crippen LogP contribution in [0.4, 0.5) is 13.2 Å². The first-order valence-electron chi connectivity index (χ1n) is 9.86. The highest BCUT2D eigenvalue weighted by molar-refractivity contribution is 6.07. The van der Waals surface area contributed by atoms with Gasteiger partial charge in [-0.1, -0.05) is 18.2 Å². The third kappa shape index (κ3) is 5.95. The van der Waals surface area contributed by atoms with Crippen LogP contribution in [0.3, 0.4) is 0 Å². The standard InChI is InChI=1S/C21H23F3N2O7/c1-10(2)33-20(29)17-12(4)25-11(3)16(19(28)32-9-15(27)26(30)31)18(17)13-7-5-6-8-14(13)21(22,23)24/h5-8,10,15,17-18,27H,9H2,1-4H3. The molecule has 0 radical (unpaired) electrons. The largest absolute Gasteiger partial charge is 0.462 e. The van der Waals surface area contributed by atoms with E-state index in [9.17, 15) is 38.0 Å². The SMILES string of the molecule is CC1=NC(C)=C(C(=O)OCC(O)[N+](=O)[O-])C(c2ccccc2C(F)(F)F)C1C(=O)OC(C)C. The van der Waals surface area contributed by atoms with Crippen molar-refractivity contribution in [2.24, 2.45) is 10.9 Å². The van der Waals surface area contributed by atoms with Gasteiger partial charge >= 0.3 is 24.3 Å². The van der Waals surface area contributed by atoms with Crippen LogP contribution in [0.5, 0.6) is 0 Å². The van der Waals surface area contributed by atoms with E-state index in [-0.39, 0.29) is 17.0 Å². The molecule has 12 heteroatoms. The monoisotopic (exact) mass is 472 g/mol. The average molecular weight is 472 g/mol. The Labute approximate surface area is 187 Å². The topological polar surface area (TPSA) is 128 Å². The van der Waals surface area contributed by atoms with Crippen molar-refractivity contribution in [1.29, 1.82) is 0 Å². The Morgan fingerprint density at radius 3 is 2.39 bits per heavy atom. The lowest BCUT2D eigenvalue weighted by Gasteiger charge is -2.33. The van der Waals surface area contributed by atoms with Crippen LogP contribution in [-0.2, 0) is 25.2 Å². The van der Waals surface area contributed by atoms with Crippen LogP contribution in [0.1, 0.15) is 44.7 Å². The molecule has 1 aromatic carbocycles. The molecule has 1 aliphatic rings. The first-order chi connectivity index (χ1) is 15.3. The maximum Gasteiger partial charge on any atom is 0.416 e. The normalized spacial score (nSPS) is 19.7. The van der Waals surface area contributed by atoms with Gasteiger partial charge in [-0.25, -0.2) is 4.79 Å². The zero-order chi connectivity index (χ0) is 25.1. The number of aliphatic hydroxyl groups is 1. The molecule has 1 N–H and O–H groups in total. The zero-order valence-corrected chi connectivity index (χ0v) is 18.3. The second kappa shape index (κ2) is 10.1. The van der Waals surface area contributed by atoms with Gasteiger partial charge in [0.05, 0.1) is 22.2 Å². The summed E-state index contributed by atoms with van der Waals surface area (Å²) in [4.78, 5) is 39.4. The van der Waals surface area contributed by atoms with E-state index in [1.807, 2.05) is 0 Å². The predicted octanol–water partition coefficient (Wildman–Crippen LogP) is 3.24. The Morgan fingerprint density at radius 1 is 1.24 bits per heavy atom. The van der Waals surface area contributed by atoms with E-state index in [0.29, 0.717) is 0 Å². The number of nitrogens with zero attached hydrogens (tertiary/aromatic N) is 2. The summed E-state index contributed by atoms with van der Waals surface area (Å²) in [5, 5.41) is 19.9. The van der Waals surface area contributed by atoms with Crippen LogP contribution in [0.15, 0.2) is 40.5 Å². The van der Waals surface area contributed by atoms with Gasteiger partial charge in [-0.2, -0.15) is 13.2 Å². The van der Waals surface area contributed by atoms with Crippen molar-refractivity contribution >= 4 is 17.7 Å². The van der Waals surface area contributed by atoms with Crippen molar-refractivity contribution in [3.8, 4) is 0 Å². The van der Waals surface area contributed by atoms with Crippen LogP contribution >= 0.6 is 0 Å². The zero-order valence-electron chi connectivity index (χ0n) is 18.3. The molecule has 1 heterocycles. The minimum atomic E-state index is -4.81. The molecule has 3 atom stereocenters. The summed E-state index contributed by atoms with van der Waals surface area (Å²) in [7, 11) is 0. The van der Waals surface area contributed by atoms with Crippen molar-refractivity contribution in [2.75, 3.05) is 6.61 Å². The van der Waals surface area contributed by atoms with Gasteiger partial charge in [0, 0.05) is 17.3 Å². The van der Waals surface area contributed by atoms with Crippen molar-refractivity contribution in [2.45, 2.75) is 52.1 Å². The average Bonchev–Trinajstić information content (AvgIpc) is 2.69. The molecule has 9 nitrogen and oxygen atoms in total. The Balaban J connectivity index is 2.67. The number of esters is 2. The Bertz CT molecular complexity index is 1000. The van der Waals surface area contributed by atoms with Gasteiger partial charge in [-0.3, -0.25) is 19.9 Å². The number of hydrogen-bond acceptors (Lipinski definition) is 8. The fourth-order valence-corrected chi connectivity index (χ4v) is 3.56. The van der Waals surface area contributed by atoms with E-state index in [2.05, 4.69) is 4.99 Å². The predicted molar refractivity (Wildman–Crippen MR) is 109 cm³/mol. The highest BCUT2D eigenvalue weighted by Crippen LogP contribution is 2.45. The summed E-state index contributed by atoms with van der Waals surface area (Å²) in [6.07, 6.45) is -7.64. The van der Waals surface area contributed by atoms with Gasteiger partial charge in [0.2, 0.25) is 0 Å². The molecule has 0 aliphatic carbocycles. The maximum atomic E-state index is 13.8. The highest BCUT2D eigenvalue weighted by atomic mass is 19.4. The van der Waals surface area contributed by atoms with Crippen LogP contribution in [-0.4, -0.2) is 46.6 Å². The minimum absolute atomic E-state index is 0.0244. The second-order valence-electron chi connectivity index (χ2n) is 7.64. The molecular weight excluding hydrogens is 449 g/mol. The van der Waals surface area contributed by atoms with Gasteiger partial charge in [-0.05, 0) is 39.3 Å². The summed E-state index contributed by atoms with van der Waals surface area (Å²) < 4.78 is 51.5. The molecule has 0 bridgehead atoms. The van der Waals surface area contributed by atoms with Crippen LogP contribution in [0.25, 0.3) is 0 Å². The lowest BCUT2D eigenvalue weighted by Crippen LogP contribution is -2.38. The van der Waals surface area contributed by atoms with E-state index in [1.165, 1.54) is 26.0 Å². The number of aliphatic imine (C=N–C) groups is 1. The number of halogens is 3. The fraction of sp³-hybridized carbons (Fsp3) is 0.476. The van der Waals surface area contributed by atoms with Gasteiger partial charge in [-0.15, -0.1) is 0 Å². The molecule has 3 unspecified atom stereocenters. The molecule has 180 valence electrons. The number of carbonyl (C=O) groups is 2. The Morgan fingerprint density at radius 2 is 1.85 bits per heavy atom. The van der Waals surface area contributed by atoms with Crippen LogP contribution < -0.4 is 0 Å². The number of aliphatic hydroxyl groups excluding tert-OH is 1. The molecule has 1 aromatic rings. The molecule has 0 spiro atoms. The van der Waals surface area contributed by atoms with Gasteiger partial charge in [0.1, 0.15) is 5.92 Å². The van der Waals surface area contributed by atoms with E-state index >= 15 is 0 Å². The minimum Gasteiger partial charge on any atom is -0.462 e. The second-order valence-corrected chi connectivity index (χ2v) is 7.64. The van der Waals surface area contributed by atoms with Crippen molar-refractivity contribution in [1.82, 2.24) is 0 Å². The Kier molecular flexibility index (Phi) is 7.96. The summed E-state index contributed by atoms with van der Waals surface area (Å²) >= 11 is 0. The summed E-state index contributed by atoms with van der Waals surface area (Å²) in [6, 6.07) is 4.44. The molecule has 0 amide bonds. The number of nitro groups is 1. The molecular formula is C21H23F3N2O7. The first kappa shape index (κ1) is 26.0. The maximum absolute atomic E-state index is 13.8. The van der Waals surface area contributed by atoms with Crippen molar-refractivity contribution in [3.05, 3.63) is 56.8 Å². The van der Waals surface area contributed by atoms with Gasteiger partial charge in [0.15, 0.2) is 6.61 Å². The smallest absolute Gasteiger partial charge is 0.416 e. The lowest BCUT2D eigenvalue weighted by molar-refractivity contribution is -0.572. The Hall–Kier alpha value is -3.28. The molecule has 1 aliphatic heterocycles. The van der Waals surface area contributed by atoms with Crippen LogP contribution in [0, 0.1) is 16.0 Å². The first-order valence-corrected chi connectivity index (χ1v) is 9.86. The summed E-state index contributed by atoms with van der Waals surface area (Å²) in [6.45, 7) is 4.84. The van der Waals surface area contributed by atoms with E-state index in [1.54, 1.807) is 13.8 Å². The van der Waals surface area contributed by atoms with Gasteiger partial charge in [0.25, 0.3) is 0 Å². The lowest BCUT2D eigenvalue weighted by atomic mass is 9.74. The number of carbonyl (C=O) groups excluding carboxylic acids is 2. The van der Waals surface area contributed by atoms with Gasteiger partial charge < -0.3 is 14.6 Å². The fourth-order valence-electron chi connectivity index (χ4n) is 3.56. The van der Waals surface area contributed by atoms with E-state index in [0.717, 1.165) is 12.1 Å². The molecule has 0 saturated heterocycles. The molecule has 0 aromatic heterocycles. The third-order valence-electron chi connectivity index (χ3n) is 4.86. The van der Waals surface area contributed by atoms with E-state index < -0.39 is 64.9 Å². The molecule has 0 saturated carbocycles.